The molecule has 16 heavy (non-hydrogen) atoms. The van der Waals surface area contributed by atoms with Crippen LogP contribution in [0, 0.1) is 17.2 Å². The Morgan fingerprint density at radius 1 is 1.62 bits per heavy atom. The summed E-state index contributed by atoms with van der Waals surface area (Å²) in [5.74, 6) is -0.748. The molecule has 0 radical (unpaired) electrons. The van der Waals surface area contributed by atoms with E-state index in [9.17, 15) is 4.79 Å². The first-order valence-electron chi connectivity index (χ1n) is 5.91. The number of unbranched alkanes of at least 4 members (excludes halogenated alkanes) is 1. The summed E-state index contributed by atoms with van der Waals surface area (Å²) in [4.78, 5) is 11.7. The molecule has 2 unspecified atom stereocenters. The number of hydrogen-bond donors (Lipinski definition) is 3. The number of rotatable bonds is 5. The smallest absolute Gasteiger partial charge is 0.239 e. The highest BCUT2D eigenvalue weighted by atomic mass is 16.1. The number of nitrogens with one attached hydrogen (secondary N) is 3. The first-order chi connectivity index (χ1) is 7.79. The van der Waals surface area contributed by atoms with Gasteiger partial charge in [-0.25, -0.2) is 0 Å². The average Bonchev–Trinajstić information content (AvgIpc) is 2.32. The van der Waals surface area contributed by atoms with Crippen LogP contribution in [-0.4, -0.2) is 38.1 Å². The van der Waals surface area contributed by atoms with Crippen molar-refractivity contribution in [1.82, 2.24) is 16.0 Å². The molecule has 1 aliphatic rings. The Bertz CT molecular complexity index is 255. The third-order valence-corrected chi connectivity index (χ3v) is 2.73. The van der Waals surface area contributed by atoms with E-state index in [1.165, 1.54) is 0 Å². The van der Waals surface area contributed by atoms with Crippen molar-refractivity contribution in [3.8, 4) is 6.07 Å². The van der Waals surface area contributed by atoms with Crippen LogP contribution in [0.2, 0.25) is 0 Å². The first-order valence-corrected chi connectivity index (χ1v) is 5.91. The quantitative estimate of drug-likeness (QED) is 0.556. The van der Waals surface area contributed by atoms with E-state index in [2.05, 4.69) is 28.9 Å². The highest BCUT2D eigenvalue weighted by molar-refractivity contribution is 5.81. The van der Waals surface area contributed by atoms with Crippen LogP contribution >= 0.6 is 0 Å². The van der Waals surface area contributed by atoms with Gasteiger partial charge in [-0.2, -0.15) is 5.26 Å². The molecule has 2 atom stereocenters. The van der Waals surface area contributed by atoms with Crippen molar-refractivity contribution in [2.24, 2.45) is 5.92 Å². The molecule has 1 aliphatic heterocycles. The molecule has 0 aromatic heterocycles. The summed E-state index contributed by atoms with van der Waals surface area (Å²) in [6, 6.07) is 2.01. The molecule has 0 aromatic carbocycles. The third-order valence-electron chi connectivity index (χ3n) is 2.73. The summed E-state index contributed by atoms with van der Waals surface area (Å²) in [5.41, 5.74) is 0. The number of amides is 1. The van der Waals surface area contributed by atoms with Crippen LogP contribution in [0.4, 0.5) is 0 Å². The second-order valence-electron chi connectivity index (χ2n) is 4.02. The number of carbonyl (C=O) groups excluding carboxylic acids is 1. The van der Waals surface area contributed by atoms with Crippen LogP contribution in [-0.2, 0) is 4.79 Å². The molecule has 1 heterocycles. The lowest BCUT2D eigenvalue weighted by atomic mass is 9.99. The van der Waals surface area contributed by atoms with Gasteiger partial charge >= 0.3 is 0 Å². The minimum atomic E-state index is -0.593. The van der Waals surface area contributed by atoms with E-state index in [1.807, 2.05) is 0 Å². The minimum Gasteiger partial charge on any atom is -0.355 e. The van der Waals surface area contributed by atoms with Gasteiger partial charge in [-0.15, -0.1) is 0 Å². The molecule has 0 bridgehead atoms. The molecule has 1 rings (SSSR count). The van der Waals surface area contributed by atoms with Crippen molar-refractivity contribution < 1.29 is 4.79 Å². The predicted octanol–water partition coefficient (Wildman–Crippen LogP) is -0.396. The van der Waals surface area contributed by atoms with E-state index in [1.54, 1.807) is 0 Å². The van der Waals surface area contributed by atoms with E-state index in [0.29, 0.717) is 13.1 Å². The lowest BCUT2D eigenvalue weighted by molar-refractivity contribution is -0.124. The molecule has 1 amide bonds. The fourth-order valence-electron chi connectivity index (χ4n) is 1.74. The normalized spacial score (nSPS) is 22.1. The van der Waals surface area contributed by atoms with Gasteiger partial charge in [0.2, 0.25) is 5.91 Å². The first kappa shape index (κ1) is 12.9. The predicted molar refractivity (Wildman–Crippen MR) is 61.7 cm³/mol. The van der Waals surface area contributed by atoms with Gasteiger partial charge < -0.3 is 16.0 Å². The fraction of sp³-hybridized carbons (Fsp3) is 0.818. The van der Waals surface area contributed by atoms with Crippen molar-refractivity contribution in [2.45, 2.75) is 25.8 Å². The standard InChI is InChI=1S/C11H20N4O/c1-2-3-4-15-11(16)9(7-12)10-8-13-5-6-14-10/h9-10,13-14H,2-6,8H2,1H3,(H,15,16). The van der Waals surface area contributed by atoms with Crippen LogP contribution in [0.15, 0.2) is 0 Å². The van der Waals surface area contributed by atoms with Gasteiger partial charge in [-0.1, -0.05) is 13.3 Å². The molecule has 0 spiro atoms. The number of carbonyl (C=O) groups is 1. The van der Waals surface area contributed by atoms with E-state index < -0.39 is 5.92 Å². The fourth-order valence-corrected chi connectivity index (χ4v) is 1.74. The van der Waals surface area contributed by atoms with Crippen LogP contribution in [0.3, 0.4) is 0 Å². The Morgan fingerprint density at radius 2 is 2.44 bits per heavy atom. The number of nitrogens with zero attached hydrogens (tertiary/aromatic N) is 1. The summed E-state index contributed by atoms with van der Waals surface area (Å²) >= 11 is 0. The van der Waals surface area contributed by atoms with Crippen LogP contribution in [0.5, 0.6) is 0 Å². The number of hydrogen-bond acceptors (Lipinski definition) is 4. The Labute approximate surface area is 96.6 Å². The van der Waals surface area contributed by atoms with Crippen molar-refractivity contribution >= 4 is 5.91 Å². The summed E-state index contributed by atoms with van der Waals surface area (Å²) in [6.45, 7) is 5.12. The summed E-state index contributed by atoms with van der Waals surface area (Å²) in [6.07, 6.45) is 2.00. The van der Waals surface area contributed by atoms with Gasteiger partial charge in [0, 0.05) is 32.2 Å². The van der Waals surface area contributed by atoms with Crippen LogP contribution in [0.1, 0.15) is 19.8 Å². The molecule has 5 nitrogen and oxygen atoms in total. The van der Waals surface area contributed by atoms with Gasteiger partial charge in [0.1, 0.15) is 5.92 Å². The minimum absolute atomic E-state index is 0.0691. The molecule has 5 heteroatoms. The largest absolute Gasteiger partial charge is 0.355 e. The Kier molecular flexibility index (Phi) is 5.83. The maximum atomic E-state index is 11.7. The molecule has 1 saturated heterocycles. The maximum absolute atomic E-state index is 11.7. The molecule has 3 N–H and O–H groups in total. The zero-order valence-corrected chi connectivity index (χ0v) is 9.75. The Hall–Kier alpha value is -1.12. The molecular formula is C11H20N4O. The van der Waals surface area contributed by atoms with Crippen LogP contribution in [0.25, 0.3) is 0 Å². The lowest BCUT2D eigenvalue weighted by Gasteiger charge is -2.27. The molecule has 0 aromatic rings. The van der Waals surface area contributed by atoms with E-state index in [4.69, 9.17) is 5.26 Å². The van der Waals surface area contributed by atoms with Gasteiger partial charge in [0.15, 0.2) is 0 Å². The SMILES string of the molecule is CCCCNC(=O)C(C#N)C1CNCCN1. The highest BCUT2D eigenvalue weighted by Crippen LogP contribution is 2.04. The van der Waals surface area contributed by atoms with Gasteiger partial charge in [-0.05, 0) is 6.42 Å². The topological polar surface area (TPSA) is 77.0 Å². The molecule has 90 valence electrons. The Balaban J connectivity index is 2.40. The van der Waals surface area contributed by atoms with Crippen molar-refractivity contribution in [3.05, 3.63) is 0 Å². The third kappa shape index (κ3) is 3.80. The van der Waals surface area contributed by atoms with Gasteiger partial charge in [0.05, 0.1) is 6.07 Å². The lowest BCUT2D eigenvalue weighted by Crippen LogP contribution is -2.54. The van der Waals surface area contributed by atoms with Gasteiger partial charge in [0.25, 0.3) is 0 Å². The Morgan fingerprint density at radius 3 is 3.00 bits per heavy atom. The van der Waals surface area contributed by atoms with Crippen LogP contribution < -0.4 is 16.0 Å². The number of piperazine rings is 1. The summed E-state index contributed by atoms with van der Waals surface area (Å²) in [5, 5.41) is 18.2. The average molecular weight is 224 g/mol. The van der Waals surface area contributed by atoms with Crippen molar-refractivity contribution in [1.29, 1.82) is 5.26 Å². The summed E-state index contributed by atoms with van der Waals surface area (Å²) in [7, 11) is 0. The van der Waals surface area contributed by atoms with E-state index in [-0.39, 0.29) is 11.9 Å². The van der Waals surface area contributed by atoms with E-state index in [0.717, 1.165) is 25.9 Å². The maximum Gasteiger partial charge on any atom is 0.239 e. The van der Waals surface area contributed by atoms with Crippen molar-refractivity contribution in [3.63, 3.8) is 0 Å². The summed E-state index contributed by atoms with van der Waals surface area (Å²) < 4.78 is 0. The van der Waals surface area contributed by atoms with E-state index >= 15 is 0 Å². The zero-order chi connectivity index (χ0) is 11.8. The monoisotopic (exact) mass is 224 g/mol. The zero-order valence-electron chi connectivity index (χ0n) is 9.75. The number of nitriles is 1. The molecular weight excluding hydrogens is 204 g/mol. The molecule has 1 fully saturated rings. The highest BCUT2D eigenvalue weighted by Gasteiger charge is 2.28. The van der Waals surface area contributed by atoms with Crippen molar-refractivity contribution in [2.75, 3.05) is 26.2 Å². The second kappa shape index (κ2) is 7.20. The van der Waals surface area contributed by atoms with Gasteiger partial charge in [-0.3, -0.25) is 4.79 Å². The molecule has 0 aliphatic carbocycles. The molecule has 0 saturated carbocycles. The second-order valence-corrected chi connectivity index (χ2v) is 4.02.